The van der Waals surface area contributed by atoms with E-state index in [0.29, 0.717) is 25.7 Å². The lowest BCUT2D eigenvalue weighted by Crippen LogP contribution is -2.31. The molecule has 0 saturated heterocycles. The van der Waals surface area contributed by atoms with Crippen molar-refractivity contribution in [2.24, 2.45) is 11.3 Å². The van der Waals surface area contributed by atoms with E-state index in [4.69, 9.17) is 9.47 Å². The molecule has 2 aromatic rings. The molecule has 0 aliphatic carbocycles. The van der Waals surface area contributed by atoms with Crippen molar-refractivity contribution in [1.29, 1.82) is 10.5 Å². The van der Waals surface area contributed by atoms with E-state index in [2.05, 4.69) is 49.6 Å². The predicted octanol–water partition coefficient (Wildman–Crippen LogP) is 6.87. The van der Waals surface area contributed by atoms with Crippen LogP contribution in [0.1, 0.15) is 77.8 Å². The lowest BCUT2D eigenvalue weighted by atomic mass is 9.85. The van der Waals surface area contributed by atoms with Gasteiger partial charge in [-0.25, -0.2) is 0 Å². The van der Waals surface area contributed by atoms with E-state index in [9.17, 15) is 20.1 Å². The first-order valence-corrected chi connectivity index (χ1v) is 16.1. The molecule has 0 N–H and O–H groups in total. The summed E-state index contributed by atoms with van der Waals surface area (Å²) in [7, 11) is 0. The molecule has 0 radical (unpaired) electrons. The smallest absolute Gasteiger partial charge is 0.326 e. The third-order valence-electron chi connectivity index (χ3n) is 8.03. The summed E-state index contributed by atoms with van der Waals surface area (Å²) in [6.07, 6.45) is 4.68. The number of unbranched alkanes of at least 4 members (excludes halogenated alkanes) is 4. The molecule has 44 heavy (non-hydrogen) atoms. The first kappa shape index (κ1) is 36.2. The minimum absolute atomic E-state index is 0.270. The topological polar surface area (TPSA) is 107 Å². The molecule has 0 bridgehead atoms. The predicted molar refractivity (Wildman–Crippen MR) is 175 cm³/mol. The van der Waals surface area contributed by atoms with Crippen LogP contribution in [0.4, 0.5) is 11.4 Å². The molecule has 238 valence electrons. The van der Waals surface area contributed by atoms with Crippen LogP contribution < -0.4 is 9.80 Å². The van der Waals surface area contributed by atoms with E-state index in [1.54, 1.807) is 6.92 Å². The van der Waals surface area contributed by atoms with Crippen LogP contribution in [-0.2, 0) is 31.9 Å². The Bertz CT molecular complexity index is 1220. The van der Waals surface area contributed by atoms with E-state index in [-0.39, 0.29) is 13.2 Å². The molecule has 2 atom stereocenters. The third kappa shape index (κ3) is 11.2. The first-order valence-electron chi connectivity index (χ1n) is 16.1. The molecular weight excluding hydrogens is 552 g/mol. The number of nitriles is 2. The molecule has 8 nitrogen and oxygen atoms in total. The highest BCUT2D eigenvalue weighted by atomic mass is 16.5. The summed E-state index contributed by atoms with van der Waals surface area (Å²) in [6.45, 7) is 14.3. The van der Waals surface area contributed by atoms with Crippen molar-refractivity contribution < 1.29 is 19.1 Å². The molecule has 8 heteroatoms. The second-order valence-corrected chi connectivity index (χ2v) is 11.3. The van der Waals surface area contributed by atoms with E-state index in [1.165, 1.54) is 0 Å². The Labute approximate surface area is 264 Å². The van der Waals surface area contributed by atoms with Crippen molar-refractivity contribution in [3.05, 3.63) is 59.7 Å². The third-order valence-corrected chi connectivity index (χ3v) is 8.03. The van der Waals surface area contributed by atoms with Gasteiger partial charge in [-0.2, -0.15) is 10.5 Å². The number of benzene rings is 2. The van der Waals surface area contributed by atoms with Gasteiger partial charge in [0.05, 0.1) is 25.4 Å². The van der Waals surface area contributed by atoms with Gasteiger partial charge >= 0.3 is 11.9 Å². The molecule has 2 aromatic carbocycles. The summed E-state index contributed by atoms with van der Waals surface area (Å²) in [5.74, 6) is -1.80. The van der Waals surface area contributed by atoms with Gasteiger partial charge in [0.25, 0.3) is 0 Å². The molecule has 0 aliphatic heterocycles. The van der Waals surface area contributed by atoms with Crippen LogP contribution in [0, 0.1) is 34.0 Å². The van der Waals surface area contributed by atoms with Crippen molar-refractivity contribution in [2.45, 2.75) is 79.6 Å². The van der Waals surface area contributed by atoms with Crippen LogP contribution in [0.3, 0.4) is 0 Å². The molecule has 0 aliphatic rings. The van der Waals surface area contributed by atoms with Crippen LogP contribution in [0.2, 0.25) is 0 Å². The van der Waals surface area contributed by atoms with Gasteiger partial charge in [0.2, 0.25) is 0 Å². The lowest BCUT2D eigenvalue weighted by Gasteiger charge is -2.23. The highest BCUT2D eigenvalue weighted by molar-refractivity contribution is 5.80. The summed E-state index contributed by atoms with van der Waals surface area (Å²) >= 11 is 0. The zero-order chi connectivity index (χ0) is 32.4. The zero-order valence-corrected chi connectivity index (χ0v) is 27.3. The monoisotopic (exact) mass is 602 g/mol. The van der Waals surface area contributed by atoms with Crippen LogP contribution in [-0.4, -0.2) is 51.3 Å². The van der Waals surface area contributed by atoms with Crippen molar-refractivity contribution in [3.8, 4) is 12.1 Å². The van der Waals surface area contributed by atoms with Gasteiger partial charge in [-0.05, 0) is 89.3 Å². The summed E-state index contributed by atoms with van der Waals surface area (Å²) in [5.41, 5.74) is 2.87. The van der Waals surface area contributed by atoms with Crippen molar-refractivity contribution >= 4 is 23.3 Å². The lowest BCUT2D eigenvalue weighted by molar-refractivity contribution is -0.151. The van der Waals surface area contributed by atoms with Gasteiger partial charge in [0, 0.05) is 44.0 Å². The summed E-state index contributed by atoms with van der Waals surface area (Å²) < 4.78 is 10.9. The number of esters is 2. The van der Waals surface area contributed by atoms with Crippen LogP contribution in [0.25, 0.3) is 0 Å². The normalized spacial score (nSPS) is 12.7. The fourth-order valence-corrected chi connectivity index (χ4v) is 5.16. The number of carbonyl (C=O) groups is 2. The number of carbonyl (C=O) groups excluding carboxylic acids is 2. The molecule has 0 spiro atoms. The maximum atomic E-state index is 12.7. The van der Waals surface area contributed by atoms with E-state index in [0.717, 1.165) is 67.9 Å². The largest absolute Gasteiger partial charge is 0.465 e. The van der Waals surface area contributed by atoms with Gasteiger partial charge in [0.15, 0.2) is 5.41 Å². The van der Waals surface area contributed by atoms with Crippen LogP contribution in [0.5, 0.6) is 0 Å². The van der Waals surface area contributed by atoms with E-state index >= 15 is 0 Å². The Balaban J connectivity index is 1.64. The highest BCUT2D eigenvalue weighted by Crippen LogP contribution is 2.26. The zero-order valence-electron chi connectivity index (χ0n) is 27.3. The van der Waals surface area contributed by atoms with Crippen LogP contribution in [0.15, 0.2) is 48.5 Å². The summed E-state index contributed by atoms with van der Waals surface area (Å²) in [5, 5.41) is 19.3. The summed E-state index contributed by atoms with van der Waals surface area (Å²) in [4.78, 5) is 29.7. The number of rotatable bonds is 20. The Morgan fingerprint density at radius 2 is 1.18 bits per heavy atom. The van der Waals surface area contributed by atoms with Gasteiger partial charge in [-0.1, -0.05) is 43.5 Å². The number of nitrogens with zero attached hydrogens (tertiary/aromatic N) is 4. The summed E-state index contributed by atoms with van der Waals surface area (Å²) in [6, 6.07) is 20.2. The fourth-order valence-electron chi connectivity index (χ4n) is 5.16. The standard InChI is InChI=1S/C36H50N4O4/c1-6-39(7-2)32-19-15-29(16-20-32)25-31(27-37)34(41)43-23-13-11-10-12-14-24-44-35(42)36(5,28-38)26-30-17-21-33(22-18-30)40(8-3)9-4/h15-22,31H,6-14,23-26H2,1-5H3. The first-order chi connectivity index (χ1) is 21.2. The Morgan fingerprint density at radius 3 is 1.64 bits per heavy atom. The number of anilines is 2. The van der Waals surface area contributed by atoms with Gasteiger partial charge < -0.3 is 19.3 Å². The Hall–Kier alpha value is -4.04. The minimum Gasteiger partial charge on any atom is -0.465 e. The Morgan fingerprint density at radius 1 is 0.727 bits per heavy atom. The molecule has 0 heterocycles. The van der Waals surface area contributed by atoms with Crippen LogP contribution >= 0.6 is 0 Å². The average Bonchev–Trinajstić information content (AvgIpc) is 3.05. The number of hydrogen-bond donors (Lipinski definition) is 0. The van der Waals surface area contributed by atoms with Gasteiger partial charge in [-0.3, -0.25) is 9.59 Å². The quantitative estimate of drug-likeness (QED) is 0.119. The van der Waals surface area contributed by atoms with Gasteiger partial charge in [0.1, 0.15) is 5.92 Å². The minimum atomic E-state index is -1.24. The molecule has 0 amide bonds. The molecule has 0 aromatic heterocycles. The molecule has 0 fully saturated rings. The van der Waals surface area contributed by atoms with Crippen molar-refractivity contribution in [3.63, 3.8) is 0 Å². The second-order valence-electron chi connectivity index (χ2n) is 11.3. The van der Waals surface area contributed by atoms with Crippen molar-refractivity contribution in [2.75, 3.05) is 49.2 Å². The van der Waals surface area contributed by atoms with E-state index in [1.807, 2.05) is 48.5 Å². The Kier molecular flexibility index (Phi) is 15.8. The average molecular weight is 603 g/mol. The number of hydrogen-bond acceptors (Lipinski definition) is 8. The number of ether oxygens (including phenoxy) is 2. The molecule has 0 saturated carbocycles. The SMILES string of the molecule is CCN(CC)c1ccc(CC(C#N)C(=O)OCCCCCCCOC(=O)C(C)(C#N)Cc2ccc(N(CC)CC)cc2)cc1. The maximum absolute atomic E-state index is 12.7. The van der Waals surface area contributed by atoms with E-state index < -0.39 is 23.3 Å². The van der Waals surface area contributed by atoms with Crippen molar-refractivity contribution in [1.82, 2.24) is 0 Å². The molecular formula is C36H50N4O4. The van der Waals surface area contributed by atoms with Gasteiger partial charge in [-0.15, -0.1) is 0 Å². The second kappa shape index (κ2) is 19.3. The maximum Gasteiger partial charge on any atom is 0.326 e. The molecule has 2 unspecified atom stereocenters. The fraction of sp³-hybridized carbons (Fsp3) is 0.556. The molecule has 2 rings (SSSR count). The highest BCUT2D eigenvalue weighted by Gasteiger charge is 2.35.